The molecule has 2 aliphatic heterocycles. The normalized spacial score (nSPS) is 22.9. The summed E-state index contributed by atoms with van der Waals surface area (Å²) in [6.45, 7) is 6.07. The molecule has 0 bridgehead atoms. The zero-order valence-electron chi connectivity index (χ0n) is 15.5. The fourth-order valence-electron chi connectivity index (χ4n) is 3.92. The molecule has 0 spiro atoms. The second kappa shape index (κ2) is 8.00. The molecule has 27 heavy (non-hydrogen) atoms. The summed E-state index contributed by atoms with van der Waals surface area (Å²) < 4.78 is 1.03. The lowest BCUT2D eigenvalue weighted by Gasteiger charge is -2.37. The first-order chi connectivity index (χ1) is 13.1. The summed E-state index contributed by atoms with van der Waals surface area (Å²) in [6.07, 6.45) is 0. The zero-order valence-corrected chi connectivity index (χ0v) is 17.1. The molecule has 2 heterocycles. The fourth-order valence-corrected chi connectivity index (χ4v) is 4.33. The molecular formula is C21H25BrN4O. The quantitative estimate of drug-likeness (QED) is 0.788. The largest absolute Gasteiger partial charge is 0.368 e. The Morgan fingerprint density at radius 1 is 1.07 bits per heavy atom. The highest BCUT2D eigenvalue weighted by Gasteiger charge is 2.37. The first-order valence-electron chi connectivity index (χ1n) is 9.46. The van der Waals surface area contributed by atoms with Crippen molar-refractivity contribution in [1.29, 1.82) is 0 Å². The van der Waals surface area contributed by atoms with Gasteiger partial charge in [-0.15, -0.1) is 0 Å². The molecule has 2 fully saturated rings. The minimum absolute atomic E-state index is 0.00475. The van der Waals surface area contributed by atoms with Gasteiger partial charge in [0.15, 0.2) is 0 Å². The molecule has 2 unspecified atom stereocenters. The van der Waals surface area contributed by atoms with Gasteiger partial charge in [0.1, 0.15) is 0 Å². The zero-order chi connectivity index (χ0) is 18.8. The molecule has 2 atom stereocenters. The number of carbonyl (C=O) groups is 1. The van der Waals surface area contributed by atoms with Crippen LogP contribution in [0.1, 0.15) is 17.2 Å². The van der Waals surface area contributed by atoms with Crippen LogP contribution in [-0.2, 0) is 4.79 Å². The van der Waals surface area contributed by atoms with E-state index in [1.165, 1.54) is 11.3 Å². The van der Waals surface area contributed by atoms with E-state index in [0.29, 0.717) is 6.54 Å². The lowest BCUT2D eigenvalue weighted by Crippen LogP contribution is -2.51. The Hall–Kier alpha value is -1.89. The highest BCUT2D eigenvalue weighted by Crippen LogP contribution is 2.29. The van der Waals surface area contributed by atoms with Gasteiger partial charge in [0.25, 0.3) is 0 Å². The summed E-state index contributed by atoms with van der Waals surface area (Å²) in [6, 6.07) is 16.8. The van der Waals surface area contributed by atoms with Crippen molar-refractivity contribution >= 4 is 27.5 Å². The number of hydrazine groups is 1. The number of piperazine rings is 1. The van der Waals surface area contributed by atoms with Gasteiger partial charge < -0.3 is 9.80 Å². The predicted octanol–water partition coefficient (Wildman–Crippen LogP) is 2.87. The highest BCUT2D eigenvalue weighted by atomic mass is 79.9. The molecule has 0 aliphatic carbocycles. The molecule has 2 N–H and O–H groups in total. The summed E-state index contributed by atoms with van der Waals surface area (Å²) >= 11 is 3.53. The Morgan fingerprint density at radius 2 is 1.81 bits per heavy atom. The van der Waals surface area contributed by atoms with Crippen molar-refractivity contribution in [2.45, 2.75) is 13.0 Å². The lowest BCUT2D eigenvalue weighted by atomic mass is 9.93. The number of nitrogens with one attached hydrogen (secondary N) is 2. The number of anilines is 1. The van der Waals surface area contributed by atoms with Crippen molar-refractivity contribution in [3.63, 3.8) is 0 Å². The molecule has 2 aromatic carbocycles. The molecule has 142 valence electrons. The molecule has 2 aromatic rings. The molecule has 5 nitrogen and oxygen atoms in total. The van der Waals surface area contributed by atoms with Gasteiger partial charge in [0, 0.05) is 42.9 Å². The summed E-state index contributed by atoms with van der Waals surface area (Å²) in [5.74, 6) is 0.159. The maximum atomic E-state index is 13.2. The number of carbonyl (C=O) groups excluding carboxylic acids is 1. The van der Waals surface area contributed by atoms with Gasteiger partial charge in [-0.1, -0.05) is 45.8 Å². The number of nitrogens with zero attached hydrogens (tertiary/aromatic N) is 2. The number of hydrogen-bond donors (Lipinski definition) is 2. The van der Waals surface area contributed by atoms with Gasteiger partial charge in [-0.2, -0.15) is 0 Å². The summed E-state index contributed by atoms with van der Waals surface area (Å²) in [5.41, 5.74) is 10.1. The molecule has 0 aromatic heterocycles. The van der Waals surface area contributed by atoms with E-state index in [-0.39, 0.29) is 17.9 Å². The molecular weight excluding hydrogens is 404 g/mol. The predicted molar refractivity (Wildman–Crippen MR) is 111 cm³/mol. The van der Waals surface area contributed by atoms with Crippen molar-refractivity contribution in [2.75, 3.05) is 37.6 Å². The third-order valence-corrected chi connectivity index (χ3v) is 5.99. The van der Waals surface area contributed by atoms with E-state index >= 15 is 0 Å². The number of benzene rings is 2. The second-order valence-corrected chi connectivity index (χ2v) is 8.23. The summed E-state index contributed by atoms with van der Waals surface area (Å²) in [7, 11) is 0. The SMILES string of the molecule is Cc1ccc(N2CCN(C(=O)C3CNNC3c3cccc(Br)c3)CC2)cc1. The van der Waals surface area contributed by atoms with Gasteiger partial charge in [0.05, 0.1) is 12.0 Å². The topological polar surface area (TPSA) is 47.6 Å². The Bertz CT molecular complexity index is 802. The van der Waals surface area contributed by atoms with Crippen LogP contribution in [0.2, 0.25) is 0 Å². The van der Waals surface area contributed by atoms with E-state index in [1.54, 1.807) is 0 Å². The van der Waals surface area contributed by atoms with Crippen molar-refractivity contribution in [3.8, 4) is 0 Å². The van der Waals surface area contributed by atoms with Gasteiger partial charge in [-0.3, -0.25) is 10.2 Å². The second-order valence-electron chi connectivity index (χ2n) is 7.31. The minimum Gasteiger partial charge on any atom is -0.368 e. The fraction of sp³-hybridized carbons (Fsp3) is 0.381. The molecule has 1 amide bonds. The van der Waals surface area contributed by atoms with E-state index in [1.807, 2.05) is 17.0 Å². The molecule has 0 radical (unpaired) electrons. The molecule has 4 rings (SSSR count). The van der Waals surface area contributed by atoms with Gasteiger partial charge in [0.2, 0.25) is 5.91 Å². The van der Waals surface area contributed by atoms with E-state index in [9.17, 15) is 4.79 Å². The van der Waals surface area contributed by atoms with Crippen LogP contribution in [0.5, 0.6) is 0 Å². The first kappa shape index (κ1) is 18.5. The van der Waals surface area contributed by atoms with Crippen molar-refractivity contribution in [3.05, 3.63) is 64.1 Å². The van der Waals surface area contributed by atoms with Crippen LogP contribution in [0, 0.1) is 12.8 Å². The number of halogens is 1. The van der Waals surface area contributed by atoms with Crippen LogP contribution < -0.4 is 15.8 Å². The average molecular weight is 429 g/mol. The first-order valence-corrected chi connectivity index (χ1v) is 10.3. The number of amides is 1. The van der Waals surface area contributed by atoms with Crippen molar-refractivity contribution in [2.24, 2.45) is 5.92 Å². The van der Waals surface area contributed by atoms with E-state index < -0.39 is 0 Å². The highest BCUT2D eigenvalue weighted by molar-refractivity contribution is 9.10. The monoisotopic (exact) mass is 428 g/mol. The summed E-state index contributed by atoms with van der Waals surface area (Å²) in [5, 5.41) is 0. The van der Waals surface area contributed by atoms with E-state index in [2.05, 4.69) is 75.0 Å². The Labute approximate surface area is 168 Å². The molecule has 2 saturated heterocycles. The van der Waals surface area contributed by atoms with Crippen LogP contribution in [0.15, 0.2) is 53.0 Å². The Balaban J connectivity index is 1.40. The third kappa shape index (κ3) is 4.03. The van der Waals surface area contributed by atoms with Crippen LogP contribution >= 0.6 is 15.9 Å². The average Bonchev–Trinajstić information content (AvgIpc) is 3.18. The maximum absolute atomic E-state index is 13.2. The van der Waals surface area contributed by atoms with E-state index in [0.717, 1.165) is 36.2 Å². The molecule has 2 aliphatic rings. The van der Waals surface area contributed by atoms with Crippen LogP contribution in [0.4, 0.5) is 5.69 Å². The van der Waals surface area contributed by atoms with Crippen molar-refractivity contribution < 1.29 is 4.79 Å². The maximum Gasteiger partial charge on any atom is 0.229 e. The lowest BCUT2D eigenvalue weighted by molar-refractivity contribution is -0.135. The number of rotatable bonds is 3. The van der Waals surface area contributed by atoms with Gasteiger partial charge in [-0.05, 0) is 36.8 Å². The van der Waals surface area contributed by atoms with Crippen LogP contribution in [0.25, 0.3) is 0 Å². The van der Waals surface area contributed by atoms with E-state index in [4.69, 9.17) is 0 Å². The Kier molecular flexibility index (Phi) is 5.48. The summed E-state index contributed by atoms with van der Waals surface area (Å²) in [4.78, 5) is 17.6. The van der Waals surface area contributed by atoms with Crippen LogP contribution in [0.3, 0.4) is 0 Å². The van der Waals surface area contributed by atoms with Gasteiger partial charge >= 0.3 is 0 Å². The number of hydrogen-bond acceptors (Lipinski definition) is 4. The molecule has 6 heteroatoms. The standard InChI is InChI=1S/C21H25BrN4O/c1-15-5-7-18(8-6-15)25-9-11-26(12-10-25)21(27)19-14-23-24-20(19)16-3-2-4-17(22)13-16/h2-8,13,19-20,23-24H,9-12,14H2,1H3. The molecule has 0 saturated carbocycles. The third-order valence-electron chi connectivity index (χ3n) is 5.50. The smallest absolute Gasteiger partial charge is 0.229 e. The van der Waals surface area contributed by atoms with Crippen molar-refractivity contribution in [1.82, 2.24) is 15.8 Å². The number of aryl methyl sites for hydroxylation is 1. The Morgan fingerprint density at radius 3 is 2.52 bits per heavy atom. The van der Waals surface area contributed by atoms with Crippen LogP contribution in [-0.4, -0.2) is 43.5 Å². The minimum atomic E-state index is -0.0785. The van der Waals surface area contributed by atoms with Gasteiger partial charge in [-0.25, -0.2) is 5.43 Å².